The molecular formula is C4H5BrN2O. The minimum absolute atomic E-state index is 0.153. The molecule has 0 unspecified atom stereocenters. The molecule has 0 saturated heterocycles. The van der Waals surface area contributed by atoms with Gasteiger partial charge in [-0.05, 0) is 0 Å². The lowest BCUT2D eigenvalue weighted by Gasteiger charge is -1.77. The molecule has 0 aromatic carbocycles. The van der Waals surface area contributed by atoms with E-state index in [1.165, 1.54) is 0 Å². The molecule has 0 saturated carbocycles. The van der Waals surface area contributed by atoms with Gasteiger partial charge in [-0.3, -0.25) is 0 Å². The number of nitrogens with one attached hydrogen (secondary N) is 2. The number of imidazole rings is 1. The van der Waals surface area contributed by atoms with Gasteiger partial charge in [-0.1, -0.05) is 15.9 Å². The number of hydrogen-bond donors (Lipinski definition) is 2. The van der Waals surface area contributed by atoms with Gasteiger partial charge in [-0.25, -0.2) is 4.79 Å². The van der Waals surface area contributed by atoms with Crippen LogP contribution in [0.4, 0.5) is 0 Å². The zero-order valence-electron chi connectivity index (χ0n) is 4.07. The van der Waals surface area contributed by atoms with Crippen molar-refractivity contribution in [2.75, 3.05) is 0 Å². The van der Waals surface area contributed by atoms with Crippen LogP contribution in [0.25, 0.3) is 0 Å². The van der Waals surface area contributed by atoms with E-state index in [2.05, 4.69) is 25.9 Å². The van der Waals surface area contributed by atoms with Gasteiger partial charge in [0.15, 0.2) is 0 Å². The van der Waals surface area contributed by atoms with Crippen LogP contribution in [0, 0.1) is 0 Å². The van der Waals surface area contributed by atoms with E-state index in [9.17, 15) is 4.79 Å². The third kappa shape index (κ3) is 1.01. The zero-order chi connectivity index (χ0) is 5.98. The Kier molecular flexibility index (Phi) is 1.53. The average Bonchev–Trinajstić information content (AvgIpc) is 2.14. The van der Waals surface area contributed by atoms with Crippen molar-refractivity contribution in [2.45, 2.75) is 5.33 Å². The molecule has 0 radical (unpaired) electrons. The molecule has 1 aromatic rings. The van der Waals surface area contributed by atoms with Gasteiger partial charge in [0.1, 0.15) is 0 Å². The third-order valence-electron chi connectivity index (χ3n) is 0.796. The van der Waals surface area contributed by atoms with Crippen molar-refractivity contribution < 1.29 is 0 Å². The first-order chi connectivity index (χ1) is 3.83. The second-order valence-electron chi connectivity index (χ2n) is 1.40. The van der Waals surface area contributed by atoms with Gasteiger partial charge in [0.05, 0.1) is 0 Å². The lowest BCUT2D eigenvalue weighted by atomic mass is 10.6. The van der Waals surface area contributed by atoms with E-state index >= 15 is 0 Å². The quantitative estimate of drug-likeness (QED) is 0.606. The SMILES string of the molecule is O=c1[nH]cc(CBr)[nH]1. The van der Waals surface area contributed by atoms with Crippen LogP contribution in [-0.2, 0) is 5.33 Å². The molecule has 8 heavy (non-hydrogen) atoms. The first-order valence-electron chi connectivity index (χ1n) is 2.15. The molecule has 0 bridgehead atoms. The predicted octanol–water partition coefficient (Wildman–Crippen LogP) is 0.598. The largest absolute Gasteiger partial charge is 0.323 e. The van der Waals surface area contributed by atoms with Crippen molar-refractivity contribution in [1.82, 2.24) is 9.97 Å². The number of aromatic amines is 2. The van der Waals surface area contributed by atoms with Crippen LogP contribution in [0.15, 0.2) is 11.0 Å². The van der Waals surface area contributed by atoms with Gasteiger partial charge in [-0.15, -0.1) is 0 Å². The summed E-state index contributed by atoms with van der Waals surface area (Å²) < 4.78 is 0. The van der Waals surface area contributed by atoms with Gasteiger partial charge in [0.25, 0.3) is 0 Å². The second-order valence-corrected chi connectivity index (χ2v) is 1.96. The van der Waals surface area contributed by atoms with Crippen LogP contribution >= 0.6 is 15.9 Å². The molecule has 1 rings (SSSR count). The zero-order valence-corrected chi connectivity index (χ0v) is 5.66. The van der Waals surface area contributed by atoms with Gasteiger partial charge < -0.3 is 9.97 Å². The number of hydrogen-bond acceptors (Lipinski definition) is 1. The highest BCUT2D eigenvalue weighted by Gasteiger charge is 1.88. The van der Waals surface area contributed by atoms with Crippen LogP contribution in [-0.4, -0.2) is 9.97 Å². The molecule has 0 atom stereocenters. The molecule has 44 valence electrons. The number of halogens is 1. The fourth-order valence-corrected chi connectivity index (χ4v) is 0.745. The van der Waals surface area contributed by atoms with Crippen LogP contribution < -0.4 is 5.69 Å². The highest BCUT2D eigenvalue weighted by molar-refractivity contribution is 9.08. The van der Waals surface area contributed by atoms with E-state index in [1.807, 2.05) is 0 Å². The van der Waals surface area contributed by atoms with E-state index in [0.717, 1.165) is 5.69 Å². The van der Waals surface area contributed by atoms with Crippen molar-refractivity contribution in [1.29, 1.82) is 0 Å². The Hall–Kier alpha value is -0.510. The summed E-state index contributed by atoms with van der Waals surface area (Å²) in [5.41, 5.74) is 0.717. The van der Waals surface area contributed by atoms with Crippen LogP contribution in [0.3, 0.4) is 0 Å². The van der Waals surface area contributed by atoms with Gasteiger partial charge >= 0.3 is 5.69 Å². The lowest BCUT2D eigenvalue weighted by molar-refractivity contribution is 1.15. The van der Waals surface area contributed by atoms with Crippen molar-refractivity contribution in [3.05, 3.63) is 22.4 Å². The molecule has 0 fully saturated rings. The Morgan fingerprint density at radius 3 is 2.75 bits per heavy atom. The summed E-state index contributed by atoms with van der Waals surface area (Å²) in [6, 6.07) is 0. The number of aromatic nitrogens is 2. The Balaban J connectivity index is 3.01. The van der Waals surface area contributed by atoms with Gasteiger partial charge in [0.2, 0.25) is 0 Å². The molecule has 4 heteroatoms. The Labute approximate surface area is 54.3 Å². The number of rotatable bonds is 1. The van der Waals surface area contributed by atoms with E-state index in [0.29, 0.717) is 5.33 Å². The highest BCUT2D eigenvalue weighted by Crippen LogP contribution is 1.94. The Bertz CT molecular complexity index is 214. The van der Waals surface area contributed by atoms with Crippen LogP contribution in [0.1, 0.15) is 5.69 Å². The standard InChI is InChI=1S/C4H5BrN2O/c5-1-3-2-6-4(8)7-3/h2H,1H2,(H2,6,7,8). The summed E-state index contributed by atoms with van der Waals surface area (Å²) in [6.07, 6.45) is 1.64. The minimum Gasteiger partial charge on any atom is -0.313 e. The normalized spacial score (nSPS) is 9.62. The summed E-state index contributed by atoms with van der Waals surface area (Å²) in [6.45, 7) is 0. The van der Waals surface area contributed by atoms with E-state index in [1.54, 1.807) is 6.20 Å². The summed E-state index contributed by atoms with van der Waals surface area (Å²) in [5, 5.41) is 0.686. The molecule has 0 aliphatic rings. The van der Waals surface area contributed by atoms with E-state index in [4.69, 9.17) is 0 Å². The molecular weight excluding hydrogens is 172 g/mol. The maximum Gasteiger partial charge on any atom is 0.323 e. The predicted molar refractivity (Wildman–Crippen MR) is 34.0 cm³/mol. The maximum atomic E-state index is 10.3. The van der Waals surface area contributed by atoms with Gasteiger partial charge in [-0.2, -0.15) is 0 Å². The molecule has 1 heterocycles. The summed E-state index contributed by atoms with van der Waals surface area (Å²) in [5.74, 6) is 0. The molecule has 0 spiro atoms. The monoisotopic (exact) mass is 176 g/mol. The minimum atomic E-state index is -0.153. The van der Waals surface area contributed by atoms with E-state index < -0.39 is 0 Å². The summed E-state index contributed by atoms with van der Waals surface area (Å²) >= 11 is 3.18. The van der Waals surface area contributed by atoms with Crippen molar-refractivity contribution in [3.8, 4) is 0 Å². The lowest BCUT2D eigenvalue weighted by Crippen LogP contribution is -2.00. The average molecular weight is 177 g/mol. The smallest absolute Gasteiger partial charge is 0.313 e. The Morgan fingerprint density at radius 2 is 2.50 bits per heavy atom. The summed E-state index contributed by atoms with van der Waals surface area (Å²) in [4.78, 5) is 15.4. The molecule has 0 amide bonds. The van der Waals surface area contributed by atoms with E-state index in [-0.39, 0.29) is 5.69 Å². The number of H-pyrrole nitrogens is 2. The first kappa shape index (κ1) is 5.62. The topological polar surface area (TPSA) is 48.6 Å². The third-order valence-corrected chi connectivity index (χ3v) is 1.40. The second kappa shape index (κ2) is 2.17. The molecule has 1 aromatic heterocycles. The Morgan fingerprint density at radius 1 is 1.75 bits per heavy atom. The van der Waals surface area contributed by atoms with Crippen molar-refractivity contribution >= 4 is 15.9 Å². The van der Waals surface area contributed by atoms with Crippen molar-refractivity contribution in [2.24, 2.45) is 0 Å². The van der Waals surface area contributed by atoms with Gasteiger partial charge in [0, 0.05) is 17.2 Å². The number of alkyl halides is 1. The fraction of sp³-hybridized carbons (Fsp3) is 0.250. The van der Waals surface area contributed by atoms with Crippen LogP contribution in [0.5, 0.6) is 0 Å². The molecule has 2 N–H and O–H groups in total. The molecule has 0 aliphatic carbocycles. The molecule has 0 aliphatic heterocycles. The highest BCUT2D eigenvalue weighted by atomic mass is 79.9. The maximum absolute atomic E-state index is 10.3. The van der Waals surface area contributed by atoms with Crippen LogP contribution in [0.2, 0.25) is 0 Å². The fourth-order valence-electron chi connectivity index (χ4n) is 0.443. The first-order valence-corrected chi connectivity index (χ1v) is 3.27. The summed E-state index contributed by atoms with van der Waals surface area (Å²) in [7, 11) is 0. The van der Waals surface area contributed by atoms with Crippen molar-refractivity contribution in [3.63, 3.8) is 0 Å². The molecule has 3 nitrogen and oxygen atoms in total.